The van der Waals surface area contributed by atoms with E-state index in [-0.39, 0.29) is 24.5 Å². The lowest BCUT2D eigenvalue weighted by molar-refractivity contribution is -0.130. The second-order valence-electron chi connectivity index (χ2n) is 4.36. The second kappa shape index (κ2) is 7.02. The Kier molecular flexibility index (Phi) is 5.34. The van der Waals surface area contributed by atoms with Gasteiger partial charge < -0.3 is 4.90 Å². The van der Waals surface area contributed by atoms with Crippen LogP contribution >= 0.6 is 34.3 Å². The van der Waals surface area contributed by atoms with E-state index in [4.69, 9.17) is 11.6 Å². The first-order chi connectivity index (χ1) is 9.56. The van der Waals surface area contributed by atoms with Gasteiger partial charge in [0.1, 0.15) is 0 Å². The van der Waals surface area contributed by atoms with Gasteiger partial charge in [-0.2, -0.15) is 0 Å². The number of Topliss-reactive ketones (excluding diaryl/α,β-unsaturated/α-hetero) is 1. The number of nitrogens with zero attached hydrogens (tertiary/aromatic N) is 1. The van der Waals surface area contributed by atoms with E-state index in [0.29, 0.717) is 15.8 Å². The molecular formula is C14H14ClNO2S2. The number of carbonyl (C=O) groups is 2. The zero-order valence-electron chi connectivity index (χ0n) is 11.0. The largest absolute Gasteiger partial charge is 0.341 e. The van der Waals surface area contributed by atoms with Crippen LogP contribution in [0.1, 0.15) is 27.4 Å². The highest BCUT2D eigenvalue weighted by Gasteiger charge is 2.14. The van der Waals surface area contributed by atoms with Gasteiger partial charge in [-0.05, 0) is 23.6 Å². The van der Waals surface area contributed by atoms with Crippen molar-refractivity contribution in [2.45, 2.75) is 19.4 Å². The number of amides is 1. The van der Waals surface area contributed by atoms with Crippen molar-refractivity contribution >= 4 is 46.0 Å². The molecule has 0 saturated heterocycles. The molecule has 1 amide bonds. The Balaban J connectivity index is 1.81. The van der Waals surface area contributed by atoms with Gasteiger partial charge in [-0.3, -0.25) is 9.59 Å². The van der Waals surface area contributed by atoms with Crippen LogP contribution in [0.2, 0.25) is 4.34 Å². The molecule has 2 aromatic heterocycles. The first kappa shape index (κ1) is 15.2. The topological polar surface area (TPSA) is 37.4 Å². The zero-order valence-corrected chi connectivity index (χ0v) is 13.4. The fraction of sp³-hybridized carbons (Fsp3) is 0.286. The average Bonchev–Trinajstić information content (AvgIpc) is 3.07. The molecule has 2 rings (SSSR count). The molecule has 0 spiro atoms. The van der Waals surface area contributed by atoms with Crippen LogP contribution in [0.25, 0.3) is 0 Å². The molecule has 2 aromatic rings. The molecule has 0 fully saturated rings. The van der Waals surface area contributed by atoms with Gasteiger partial charge in [0.2, 0.25) is 5.91 Å². The summed E-state index contributed by atoms with van der Waals surface area (Å²) in [6.07, 6.45) is 0.501. The lowest BCUT2D eigenvalue weighted by atomic mass is 10.2. The van der Waals surface area contributed by atoms with Crippen molar-refractivity contribution in [2.24, 2.45) is 0 Å². The summed E-state index contributed by atoms with van der Waals surface area (Å²) in [7, 11) is 1.74. The summed E-state index contributed by atoms with van der Waals surface area (Å²) in [4.78, 5) is 27.2. The number of ketones is 1. The fourth-order valence-electron chi connectivity index (χ4n) is 1.73. The molecule has 6 heteroatoms. The summed E-state index contributed by atoms with van der Waals surface area (Å²) < 4.78 is 0.716. The molecule has 0 radical (unpaired) electrons. The van der Waals surface area contributed by atoms with Crippen LogP contribution in [0.5, 0.6) is 0 Å². The van der Waals surface area contributed by atoms with Crippen LogP contribution in [0, 0.1) is 0 Å². The SMILES string of the molecule is CN(Cc1ccc(Cl)s1)C(=O)CCC(=O)c1cccs1. The van der Waals surface area contributed by atoms with Gasteiger partial charge in [-0.25, -0.2) is 0 Å². The lowest BCUT2D eigenvalue weighted by Gasteiger charge is -2.15. The van der Waals surface area contributed by atoms with E-state index in [0.717, 1.165) is 4.88 Å². The molecular weight excluding hydrogens is 314 g/mol. The van der Waals surface area contributed by atoms with E-state index in [1.54, 1.807) is 18.0 Å². The highest BCUT2D eigenvalue weighted by Crippen LogP contribution is 2.22. The van der Waals surface area contributed by atoms with Crippen LogP contribution < -0.4 is 0 Å². The van der Waals surface area contributed by atoms with E-state index in [1.165, 1.54) is 22.7 Å². The third-order valence-electron chi connectivity index (χ3n) is 2.81. The number of thiophene rings is 2. The van der Waals surface area contributed by atoms with Crippen LogP contribution in [-0.2, 0) is 11.3 Å². The summed E-state index contributed by atoms with van der Waals surface area (Å²) in [5, 5.41) is 1.86. The molecule has 0 aliphatic carbocycles. The predicted molar refractivity (Wildman–Crippen MR) is 83.7 cm³/mol. The molecule has 0 aromatic carbocycles. The van der Waals surface area contributed by atoms with Crippen molar-refractivity contribution in [3.05, 3.63) is 43.7 Å². The van der Waals surface area contributed by atoms with E-state index < -0.39 is 0 Å². The van der Waals surface area contributed by atoms with Gasteiger partial charge in [0.05, 0.1) is 15.8 Å². The van der Waals surface area contributed by atoms with E-state index in [9.17, 15) is 9.59 Å². The minimum atomic E-state index is -0.0283. The van der Waals surface area contributed by atoms with Crippen molar-refractivity contribution in [1.82, 2.24) is 4.90 Å². The maximum atomic E-state index is 12.0. The van der Waals surface area contributed by atoms with Crippen molar-refractivity contribution < 1.29 is 9.59 Å². The van der Waals surface area contributed by atoms with Gasteiger partial charge in [0, 0.05) is 24.8 Å². The van der Waals surface area contributed by atoms with E-state index >= 15 is 0 Å². The van der Waals surface area contributed by atoms with Gasteiger partial charge >= 0.3 is 0 Å². The molecule has 0 saturated carbocycles. The molecule has 0 aliphatic heterocycles. The predicted octanol–water partition coefficient (Wildman–Crippen LogP) is 4.08. The Labute approximate surface area is 130 Å². The molecule has 0 atom stereocenters. The van der Waals surface area contributed by atoms with Crippen molar-refractivity contribution in [3.63, 3.8) is 0 Å². The lowest BCUT2D eigenvalue weighted by Crippen LogP contribution is -2.26. The smallest absolute Gasteiger partial charge is 0.223 e. The molecule has 106 valence electrons. The van der Waals surface area contributed by atoms with Crippen LogP contribution in [0.3, 0.4) is 0 Å². The Bertz CT molecular complexity index is 592. The molecule has 0 unspecified atom stereocenters. The molecule has 20 heavy (non-hydrogen) atoms. The van der Waals surface area contributed by atoms with E-state index in [2.05, 4.69) is 0 Å². The highest BCUT2D eigenvalue weighted by molar-refractivity contribution is 7.16. The van der Waals surface area contributed by atoms with Gasteiger partial charge in [-0.15, -0.1) is 22.7 Å². The van der Waals surface area contributed by atoms with Gasteiger partial charge in [-0.1, -0.05) is 17.7 Å². The average molecular weight is 328 g/mol. The summed E-state index contributed by atoms with van der Waals surface area (Å²) in [5.41, 5.74) is 0. The van der Waals surface area contributed by atoms with Crippen LogP contribution in [0.15, 0.2) is 29.6 Å². The number of carbonyl (C=O) groups excluding carboxylic acids is 2. The maximum absolute atomic E-state index is 12.0. The third kappa shape index (κ3) is 4.16. The second-order valence-corrected chi connectivity index (χ2v) is 7.10. The Morgan fingerprint density at radius 2 is 2.05 bits per heavy atom. The van der Waals surface area contributed by atoms with Gasteiger partial charge in [0.15, 0.2) is 5.78 Å². The Morgan fingerprint density at radius 1 is 1.25 bits per heavy atom. The van der Waals surface area contributed by atoms with Crippen molar-refractivity contribution in [2.75, 3.05) is 7.05 Å². The monoisotopic (exact) mass is 327 g/mol. The van der Waals surface area contributed by atoms with Crippen molar-refractivity contribution in [1.29, 1.82) is 0 Å². The number of rotatable bonds is 6. The van der Waals surface area contributed by atoms with Crippen LogP contribution in [0.4, 0.5) is 0 Å². The fourth-order valence-corrected chi connectivity index (χ4v) is 3.57. The number of halogens is 1. The standard InChI is InChI=1S/C14H14ClNO2S2/c1-16(9-10-4-6-13(15)20-10)14(18)7-5-11(17)12-3-2-8-19-12/h2-4,6,8H,5,7,9H2,1H3. The summed E-state index contributed by atoms with van der Waals surface area (Å²) in [6, 6.07) is 7.36. The van der Waals surface area contributed by atoms with E-state index in [1.807, 2.05) is 23.6 Å². The Morgan fingerprint density at radius 3 is 2.65 bits per heavy atom. The summed E-state index contributed by atoms with van der Waals surface area (Å²) in [5.74, 6) is 0.000321. The highest BCUT2D eigenvalue weighted by atomic mass is 35.5. The number of hydrogen-bond donors (Lipinski definition) is 0. The first-order valence-corrected chi connectivity index (χ1v) is 8.18. The minimum absolute atomic E-state index is 0.0283. The zero-order chi connectivity index (χ0) is 14.5. The molecule has 0 N–H and O–H groups in total. The summed E-state index contributed by atoms with van der Waals surface area (Å²) in [6.45, 7) is 0.531. The molecule has 0 bridgehead atoms. The van der Waals surface area contributed by atoms with Crippen molar-refractivity contribution in [3.8, 4) is 0 Å². The quantitative estimate of drug-likeness (QED) is 0.749. The van der Waals surface area contributed by atoms with Crippen LogP contribution in [-0.4, -0.2) is 23.6 Å². The maximum Gasteiger partial charge on any atom is 0.223 e. The molecule has 2 heterocycles. The summed E-state index contributed by atoms with van der Waals surface area (Å²) >= 11 is 8.73. The normalized spacial score (nSPS) is 10.5. The number of hydrogen-bond acceptors (Lipinski definition) is 4. The molecule has 0 aliphatic rings. The third-order valence-corrected chi connectivity index (χ3v) is 4.94. The minimum Gasteiger partial charge on any atom is -0.341 e. The Hall–Kier alpha value is -1.17. The van der Waals surface area contributed by atoms with Gasteiger partial charge in [0.25, 0.3) is 0 Å². The first-order valence-electron chi connectivity index (χ1n) is 6.11. The molecule has 3 nitrogen and oxygen atoms in total.